The molecule has 0 fully saturated rings. The zero-order valence-electron chi connectivity index (χ0n) is 19.4. The van der Waals surface area contributed by atoms with Crippen LogP contribution in [0.5, 0.6) is 5.88 Å². The van der Waals surface area contributed by atoms with Gasteiger partial charge in [0.2, 0.25) is 5.88 Å². The quantitative estimate of drug-likeness (QED) is 0.574. The highest BCUT2D eigenvalue weighted by Crippen LogP contribution is 2.40. The normalized spacial score (nSPS) is 21.9. The fourth-order valence-electron chi connectivity index (χ4n) is 5.13. The molecule has 0 radical (unpaired) electrons. The first-order valence-electron chi connectivity index (χ1n) is 11.8. The van der Waals surface area contributed by atoms with Gasteiger partial charge in [0.15, 0.2) is 0 Å². The molecule has 0 amide bonds. The molecule has 6 rings (SSSR count). The average molecular weight is 464 g/mol. The van der Waals surface area contributed by atoms with Gasteiger partial charge < -0.3 is 14.5 Å². The molecule has 0 aromatic carbocycles. The van der Waals surface area contributed by atoms with Crippen molar-refractivity contribution >= 4 is 35.0 Å². The van der Waals surface area contributed by atoms with Gasteiger partial charge in [0, 0.05) is 30.6 Å². The van der Waals surface area contributed by atoms with Gasteiger partial charge in [0.25, 0.3) is 0 Å². The van der Waals surface area contributed by atoms with Gasteiger partial charge in [-0.05, 0) is 50.7 Å². The van der Waals surface area contributed by atoms with Crippen LogP contribution in [0.3, 0.4) is 0 Å². The Morgan fingerprint density at radius 3 is 2.76 bits per heavy atom. The summed E-state index contributed by atoms with van der Waals surface area (Å²) in [6.07, 6.45) is 6.56. The number of aryl methyl sites for hydroxylation is 1. The van der Waals surface area contributed by atoms with Gasteiger partial charge in [0.1, 0.15) is 28.0 Å². The third-order valence-corrected chi connectivity index (χ3v) is 7.53. The zero-order chi connectivity index (χ0) is 22.5. The first-order chi connectivity index (χ1) is 16.1. The lowest BCUT2D eigenvalue weighted by atomic mass is 9.96. The summed E-state index contributed by atoms with van der Waals surface area (Å²) in [6.45, 7) is 7.17. The molecule has 0 bridgehead atoms. The van der Waals surface area contributed by atoms with E-state index in [0.29, 0.717) is 11.8 Å². The van der Waals surface area contributed by atoms with Gasteiger partial charge in [-0.25, -0.2) is 14.6 Å². The molecular weight excluding hydrogens is 434 g/mol. The summed E-state index contributed by atoms with van der Waals surface area (Å²) in [5, 5.41) is 8.01. The van der Waals surface area contributed by atoms with Crippen molar-refractivity contribution in [3.05, 3.63) is 28.8 Å². The van der Waals surface area contributed by atoms with Crippen molar-refractivity contribution in [2.75, 3.05) is 30.0 Å². The maximum absolute atomic E-state index is 5.63. The van der Waals surface area contributed by atoms with Crippen LogP contribution in [0.1, 0.15) is 37.9 Å². The average Bonchev–Trinajstić information content (AvgIpc) is 3.56. The molecule has 2 unspecified atom stereocenters. The van der Waals surface area contributed by atoms with Crippen LogP contribution in [0.25, 0.3) is 10.7 Å². The number of anilines is 3. The fourth-order valence-corrected chi connectivity index (χ4v) is 5.91. The van der Waals surface area contributed by atoms with E-state index in [2.05, 4.69) is 44.8 Å². The van der Waals surface area contributed by atoms with E-state index in [9.17, 15) is 0 Å². The molecule has 0 N–H and O–H groups in total. The van der Waals surface area contributed by atoms with Crippen molar-refractivity contribution in [2.24, 2.45) is 10.9 Å². The monoisotopic (exact) mass is 463 g/mol. The second-order valence-electron chi connectivity index (χ2n) is 9.36. The number of rotatable bonds is 4. The van der Waals surface area contributed by atoms with Crippen LogP contribution >= 0.6 is 11.3 Å². The Morgan fingerprint density at radius 1 is 1.06 bits per heavy atom. The number of hydrogen-bond donors (Lipinski definition) is 0. The molecule has 33 heavy (non-hydrogen) atoms. The van der Waals surface area contributed by atoms with E-state index in [1.54, 1.807) is 18.4 Å². The number of hydrogen-bond acceptors (Lipinski definition) is 8. The van der Waals surface area contributed by atoms with Crippen molar-refractivity contribution in [2.45, 2.75) is 52.1 Å². The van der Waals surface area contributed by atoms with Crippen molar-refractivity contribution < 1.29 is 4.74 Å². The number of fused-ring (bicyclic) bond motifs is 3. The van der Waals surface area contributed by atoms with Crippen molar-refractivity contribution in [1.29, 1.82) is 0 Å². The van der Waals surface area contributed by atoms with Crippen LogP contribution in [0, 0.1) is 5.92 Å². The minimum Gasteiger partial charge on any atom is -0.479 e. The Balaban J connectivity index is 1.33. The molecule has 8 nitrogen and oxygen atoms in total. The zero-order valence-corrected chi connectivity index (χ0v) is 20.2. The SMILES string of the molecule is COc1nc(-c2nc(N3CC(C)Cn4nc5c(c43)CCCC5)cs2)ccc1N1C=NC(C)C1. The predicted octanol–water partition coefficient (Wildman–Crippen LogP) is 4.31. The lowest BCUT2D eigenvalue weighted by Gasteiger charge is -2.33. The van der Waals surface area contributed by atoms with E-state index in [-0.39, 0.29) is 6.04 Å². The summed E-state index contributed by atoms with van der Waals surface area (Å²) in [7, 11) is 1.67. The van der Waals surface area contributed by atoms with E-state index in [0.717, 1.165) is 54.7 Å². The summed E-state index contributed by atoms with van der Waals surface area (Å²) >= 11 is 1.63. The third-order valence-electron chi connectivity index (χ3n) is 6.68. The van der Waals surface area contributed by atoms with Gasteiger partial charge in [-0.2, -0.15) is 5.10 Å². The summed E-state index contributed by atoms with van der Waals surface area (Å²) in [6, 6.07) is 4.37. The van der Waals surface area contributed by atoms with Crippen LogP contribution in [-0.2, 0) is 19.4 Å². The molecular formula is C24H29N7OS. The van der Waals surface area contributed by atoms with Crippen LogP contribution in [0.4, 0.5) is 17.3 Å². The van der Waals surface area contributed by atoms with Crippen molar-refractivity contribution in [1.82, 2.24) is 19.7 Å². The Labute approximate surface area is 197 Å². The highest BCUT2D eigenvalue weighted by Gasteiger charge is 2.32. The number of thiazole rings is 1. The van der Waals surface area contributed by atoms with Crippen LogP contribution in [0.15, 0.2) is 22.5 Å². The molecule has 2 atom stereocenters. The van der Waals surface area contributed by atoms with Crippen molar-refractivity contribution in [3.8, 4) is 16.6 Å². The Kier molecular flexibility index (Phi) is 5.09. The van der Waals surface area contributed by atoms with E-state index < -0.39 is 0 Å². The van der Waals surface area contributed by atoms with Gasteiger partial charge >= 0.3 is 0 Å². The van der Waals surface area contributed by atoms with Crippen LogP contribution < -0.4 is 14.5 Å². The molecule has 2 aliphatic heterocycles. The molecule has 0 saturated carbocycles. The molecule has 0 spiro atoms. The van der Waals surface area contributed by atoms with E-state index in [1.165, 1.54) is 29.9 Å². The fraction of sp³-hybridized carbons (Fsp3) is 0.500. The first-order valence-corrected chi connectivity index (χ1v) is 12.7. The molecule has 3 aromatic rings. The molecule has 3 aliphatic rings. The number of ether oxygens (including phenoxy) is 1. The van der Waals surface area contributed by atoms with Gasteiger partial charge in [-0.1, -0.05) is 6.92 Å². The second kappa shape index (κ2) is 8.13. The Hall–Kier alpha value is -2.94. The van der Waals surface area contributed by atoms with Crippen LogP contribution in [0.2, 0.25) is 0 Å². The summed E-state index contributed by atoms with van der Waals surface area (Å²) in [4.78, 5) is 18.7. The summed E-state index contributed by atoms with van der Waals surface area (Å²) in [5.41, 5.74) is 4.48. The lowest BCUT2D eigenvalue weighted by Crippen LogP contribution is -2.34. The van der Waals surface area contributed by atoms with E-state index >= 15 is 0 Å². The number of nitrogens with zero attached hydrogens (tertiary/aromatic N) is 7. The van der Waals surface area contributed by atoms with E-state index in [1.807, 2.05) is 12.4 Å². The first kappa shape index (κ1) is 20.7. The molecule has 9 heteroatoms. The number of aromatic nitrogens is 4. The highest BCUT2D eigenvalue weighted by atomic mass is 32.1. The smallest absolute Gasteiger partial charge is 0.238 e. The lowest BCUT2D eigenvalue weighted by molar-refractivity contribution is 0.399. The highest BCUT2D eigenvalue weighted by molar-refractivity contribution is 7.13. The molecule has 3 aromatic heterocycles. The molecule has 1 aliphatic carbocycles. The van der Waals surface area contributed by atoms with Gasteiger partial charge in [-0.3, -0.25) is 4.99 Å². The standard InChI is InChI=1S/C24H29N7OS/c1-15-10-30(24-17-6-4-5-7-18(17)28-31(24)11-15)21-13-33-23(27-21)19-8-9-20(22(26-19)32-3)29-12-16(2)25-14-29/h8-9,13-16H,4-7,10-12H2,1-3H3. The van der Waals surface area contributed by atoms with Crippen molar-refractivity contribution in [3.63, 3.8) is 0 Å². The summed E-state index contributed by atoms with van der Waals surface area (Å²) in [5.74, 6) is 3.36. The Morgan fingerprint density at radius 2 is 1.94 bits per heavy atom. The van der Waals surface area contributed by atoms with Gasteiger partial charge in [-0.15, -0.1) is 11.3 Å². The Bertz CT molecular complexity index is 1220. The number of pyridine rings is 1. The third kappa shape index (κ3) is 3.58. The minimum atomic E-state index is 0.280. The summed E-state index contributed by atoms with van der Waals surface area (Å²) < 4.78 is 7.85. The maximum atomic E-state index is 5.63. The number of aliphatic imine (C=N–C) groups is 1. The maximum Gasteiger partial charge on any atom is 0.238 e. The topological polar surface area (TPSA) is 71.7 Å². The largest absolute Gasteiger partial charge is 0.479 e. The van der Waals surface area contributed by atoms with Crippen LogP contribution in [-0.4, -0.2) is 52.3 Å². The molecule has 5 heterocycles. The van der Waals surface area contributed by atoms with Gasteiger partial charge in [0.05, 0.1) is 25.2 Å². The molecule has 172 valence electrons. The number of methoxy groups -OCH3 is 1. The molecule has 0 saturated heterocycles. The van der Waals surface area contributed by atoms with E-state index in [4.69, 9.17) is 19.8 Å². The minimum absolute atomic E-state index is 0.280. The second-order valence-corrected chi connectivity index (χ2v) is 10.2. The predicted molar refractivity (Wildman–Crippen MR) is 132 cm³/mol.